The molecular weight excluding hydrogens is 208 g/mol. The van der Waals surface area contributed by atoms with Crippen LogP contribution in [0.25, 0.3) is 0 Å². The van der Waals surface area contributed by atoms with Crippen LogP contribution in [0.5, 0.6) is 0 Å². The number of hydrogen-bond donors (Lipinski definition) is 0. The maximum atomic E-state index is 11.2. The van der Waals surface area contributed by atoms with Crippen molar-refractivity contribution in [2.75, 3.05) is 13.2 Å². The molecule has 1 aliphatic rings. The Kier molecular flexibility index (Phi) is 6.61. The van der Waals surface area contributed by atoms with Crippen LogP contribution in [0.15, 0.2) is 0 Å². The lowest BCUT2D eigenvalue weighted by Gasteiger charge is -2.08. The van der Waals surface area contributed by atoms with E-state index < -0.39 is 0 Å². The standard InChI is InChI=1S/C12H20O4/c13-11-7-3-1-2-4-8-12(14)16-10-6-5-9-15-11/h1-10H2. The number of carbonyl (C=O) groups excluding carboxylic acids is 2. The predicted octanol–water partition coefficient (Wildman–Crippen LogP) is 2.21. The largest absolute Gasteiger partial charge is 0.466 e. The van der Waals surface area contributed by atoms with Gasteiger partial charge in [0.2, 0.25) is 0 Å². The van der Waals surface area contributed by atoms with E-state index in [1.54, 1.807) is 0 Å². The Hall–Kier alpha value is -1.06. The Balaban J connectivity index is 2.23. The van der Waals surface area contributed by atoms with Gasteiger partial charge in [0.15, 0.2) is 0 Å². The van der Waals surface area contributed by atoms with Gasteiger partial charge >= 0.3 is 11.9 Å². The van der Waals surface area contributed by atoms with Crippen LogP contribution in [0.2, 0.25) is 0 Å². The van der Waals surface area contributed by atoms with E-state index in [4.69, 9.17) is 9.47 Å². The van der Waals surface area contributed by atoms with E-state index in [1.165, 1.54) is 0 Å². The highest BCUT2D eigenvalue weighted by molar-refractivity contribution is 5.69. The fraction of sp³-hybridized carbons (Fsp3) is 0.833. The molecule has 0 unspecified atom stereocenters. The summed E-state index contributed by atoms with van der Waals surface area (Å²) in [7, 11) is 0. The number of ether oxygens (including phenoxy) is 2. The molecular formula is C12H20O4. The molecule has 0 radical (unpaired) electrons. The SMILES string of the molecule is O=C1CCCCCCC(=O)OCCCCO1. The topological polar surface area (TPSA) is 52.6 Å². The van der Waals surface area contributed by atoms with Gasteiger partial charge in [0.25, 0.3) is 0 Å². The second-order valence-corrected chi connectivity index (χ2v) is 4.06. The van der Waals surface area contributed by atoms with Crippen molar-refractivity contribution >= 4 is 11.9 Å². The van der Waals surface area contributed by atoms with Gasteiger partial charge in [-0.1, -0.05) is 12.8 Å². The van der Waals surface area contributed by atoms with E-state index in [0.717, 1.165) is 38.5 Å². The molecule has 0 spiro atoms. The lowest BCUT2D eigenvalue weighted by Crippen LogP contribution is -2.09. The Morgan fingerprint density at radius 2 is 1.06 bits per heavy atom. The first-order chi connectivity index (χ1) is 7.79. The summed E-state index contributed by atoms with van der Waals surface area (Å²) in [5, 5.41) is 0. The summed E-state index contributed by atoms with van der Waals surface area (Å²) in [5.41, 5.74) is 0. The van der Waals surface area contributed by atoms with Crippen LogP contribution in [-0.4, -0.2) is 25.2 Å². The van der Waals surface area contributed by atoms with E-state index >= 15 is 0 Å². The van der Waals surface area contributed by atoms with Crippen LogP contribution in [0.3, 0.4) is 0 Å². The van der Waals surface area contributed by atoms with Crippen molar-refractivity contribution in [2.45, 2.75) is 51.4 Å². The molecule has 16 heavy (non-hydrogen) atoms. The Morgan fingerprint density at radius 3 is 1.50 bits per heavy atom. The molecule has 1 heterocycles. The normalized spacial score (nSPS) is 21.8. The minimum absolute atomic E-state index is 0.103. The average molecular weight is 228 g/mol. The van der Waals surface area contributed by atoms with E-state index in [2.05, 4.69) is 0 Å². The summed E-state index contributed by atoms with van der Waals surface area (Å²) in [5.74, 6) is -0.205. The molecule has 0 amide bonds. The molecule has 0 aromatic rings. The monoisotopic (exact) mass is 228 g/mol. The third kappa shape index (κ3) is 6.43. The van der Waals surface area contributed by atoms with Crippen molar-refractivity contribution < 1.29 is 19.1 Å². The molecule has 1 rings (SSSR count). The number of hydrogen-bond acceptors (Lipinski definition) is 4. The Morgan fingerprint density at radius 1 is 0.625 bits per heavy atom. The van der Waals surface area contributed by atoms with Crippen molar-refractivity contribution in [3.63, 3.8) is 0 Å². The molecule has 0 aromatic carbocycles. The van der Waals surface area contributed by atoms with Gasteiger partial charge in [-0.3, -0.25) is 9.59 Å². The number of rotatable bonds is 0. The highest BCUT2D eigenvalue weighted by Crippen LogP contribution is 2.08. The molecule has 0 N–H and O–H groups in total. The van der Waals surface area contributed by atoms with Crippen LogP contribution in [0.1, 0.15) is 51.4 Å². The third-order valence-corrected chi connectivity index (χ3v) is 2.58. The Labute approximate surface area is 96.3 Å². The number of esters is 2. The molecule has 0 atom stereocenters. The van der Waals surface area contributed by atoms with Gasteiger partial charge in [-0.25, -0.2) is 0 Å². The summed E-state index contributed by atoms with van der Waals surface area (Å²) < 4.78 is 10.1. The van der Waals surface area contributed by atoms with Crippen molar-refractivity contribution in [1.82, 2.24) is 0 Å². The quantitative estimate of drug-likeness (QED) is 0.596. The second kappa shape index (κ2) is 8.13. The van der Waals surface area contributed by atoms with E-state index in [1.807, 2.05) is 0 Å². The molecule has 0 aliphatic carbocycles. The summed E-state index contributed by atoms with van der Waals surface area (Å²) in [6, 6.07) is 0. The molecule has 0 bridgehead atoms. The highest BCUT2D eigenvalue weighted by atomic mass is 16.5. The fourth-order valence-corrected chi connectivity index (χ4v) is 1.61. The van der Waals surface area contributed by atoms with Crippen LogP contribution < -0.4 is 0 Å². The van der Waals surface area contributed by atoms with E-state index in [9.17, 15) is 9.59 Å². The molecule has 0 saturated carbocycles. The maximum absolute atomic E-state index is 11.2. The number of carbonyl (C=O) groups is 2. The molecule has 4 heteroatoms. The van der Waals surface area contributed by atoms with Crippen molar-refractivity contribution in [1.29, 1.82) is 0 Å². The van der Waals surface area contributed by atoms with Crippen molar-refractivity contribution in [3.8, 4) is 0 Å². The third-order valence-electron chi connectivity index (χ3n) is 2.58. The lowest BCUT2D eigenvalue weighted by atomic mass is 10.1. The zero-order valence-electron chi connectivity index (χ0n) is 9.70. The van der Waals surface area contributed by atoms with Crippen LogP contribution in [-0.2, 0) is 19.1 Å². The predicted molar refractivity (Wildman–Crippen MR) is 58.9 cm³/mol. The first-order valence-electron chi connectivity index (χ1n) is 6.10. The molecule has 1 aliphatic heterocycles. The van der Waals surface area contributed by atoms with E-state index in [0.29, 0.717) is 26.1 Å². The van der Waals surface area contributed by atoms with Gasteiger partial charge in [0.05, 0.1) is 13.2 Å². The van der Waals surface area contributed by atoms with Gasteiger partial charge in [-0.2, -0.15) is 0 Å². The zero-order chi connectivity index (χ0) is 11.6. The van der Waals surface area contributed by atoms with Gasteiger partial charge in [-0.15, -0.1) is 0 Å². The van der Waals surface area contributed by atoms with E-state index in [-0.39, 0.29) is 11.9 Å². The summed E-state index contributed by atoms with van der Waals surface area (Å²) >= 11 is 0. The smallest absolute Gasteiger partial charge is 0.305 e. The number of cyclic esters (lactones) is 2. The molecule has 0 aromatic heterocycles. The summed E-state index contributed by atoms with van der Waals surface area (Å²) in [6.07, 6.45) is 6.19. The fourth-order valence-electron chi connectivity index (χ4n) is 1.61. The average Bonchev–Trinajstić information content (AvgIpc) is 2.27. The molecule has 1 fully saturated rings. The lowest BCUT2D eigenvalue weighted by molar-refractivity contribution is -0.146. The summed E-state index contributed by atoms with van der Waals surface area (Å²) in [4.78, 5) is 22.4. The van der Waals surface area contributed by atoms with Gasteiger partial charge < -0.3 is 9.47 Å². The van der Waals surface area contributed by atoms with Gasteiger partial charge in [-0.05, 0) is 25.7 Å². The molecule has 4 nitrogen and oxygen atoms in total. The van der Waals surface area contributed by atoms with Crippen LogP contribution in [0, 0.1) is 0 Å². The minimum Gasteiger partial charge on any atom is -0.466 e. The van der Waals surface area contributed by atoms with Crippen molar-refractivity contribution in [2.24, 2.45) is 0 Å². The van der Waals surface area contributed by atoms with Crippen LogP contribution in [0.4, 0.5) is 0 Å². The molecule has 1 saturated heterocycles. The maximum Gasteiger partial charge on any atom is 0.305 e. The first kappa shape index (κ1) is 13.0. The zero-order valence-corrected chi connectivity index (χ0v) is 9.70. The van der Waals surface area contributed by atoms with Gasteiger partial charge in [0, 0.05) is 12.8 Å². The molecule has 92 valence electrons. The Bertz CT molecular complexity index is 181. The first-order valence-corrected chi connectivity index (χ1v) is 6.10. The summed E-state index contributed by atoms with van der Waals surface area (Å²) in [6.45, 7) is 0.882. The van der Waals surface area contributed by atoms with Crippen molar-refractivity contribution in [3.05, 3.63) is 0 Å². The highest BCUT2D eigenvalue weighted by Gasteiger charge is 2.06. The van der Waals surface area contributed by atoms with Crippen LogP contribution >= 0.6 is 0 Å². The van der Waals surface area contributed by atoms with Gasteiger partial charge in [0.1, 0.15) is 0 Å². The second-order valence-electron chi connectivity index (χ2n) is 4.06. The minimum atomic E-state index is -0.103.